The van der Waals surface area contributed by atoms with Gasteiger partial charge >= 0.3 is 12.1 Å². The van der Waals surface area contributed by atoms with Gasteiger partial charge in [-0.25, -0.2) is 9.59 Å². The maximum Gasteiger partial charge on any atom is 0.408 e. The van der Waals surface area contributed by atoms with Crippen molar-refractivity contribution in [1.82, 2.24) is 5.32 Å². The highest BCUT2D eigenvalue weighted by molar-refractivity contribution is 6.34. The maximum atomic E-state index is 13.0. The highest BCUT2D eigenvalue weighted by atomic mass is 35.5. The van der Waals surface area contributed by atoms with E-state index in [1.54, 1.807) is 51.1 Å². The molecule has 2 rings (SSSR count). The minimum absolute atomic E-state index is 0.125. The van der Waals surface area contributed by atoms with Gasteiger partial charge in [-0.15, -0.1) is 0 Å². The van der Waals surface area contributed by atoms with Crippen molar-refractivity contribution in [2.45, 2.75) is 45.8 Å². The summed E-state index contributed by atoms with van der Waals surface area (Å²) in [5.41, 5.74) is 0.454. The number of rotatable bonds is 7. The van der Waals surface area contributed by atoms with E-state index >= 15 is 0 Å². The molecule has 9 heteroatoms. The lowest BCUT2D eigenvalue weighted by atomic mass is 9.99. The molecule has 8 nitrogen and oxygen atoms in total. The SMILES string of the molecule is COC(=O)c1cccc(NC(=O)c2c(Cl)cccc2CC(=O)C(C)NC(=O)OC(C)(C)C)c1. The van der Waals surface area contributed by atoms with E-state index in [1.807, 2.05) is 0 Å². The van der Waals surface area contributed by atoms with E-state index in [2.05, 4.69) is 10.6 Å². The van der Waals surface area contributed by atoms with E-state index in [-0.39, 0.29) is 28.4 Å². The summed E-state index contributed by atoms with van der Waals surface area (Å²) in [6, 6.07) is 10.2. The summed E-state index contributed by atoms with van der Waals surface area (Å²) in [6.45, 7) is 6.69. The lowest BCUT2D eigenvalue weighted by molar-refractivity contribution is -0.120. The number of esters is 1. The van der Waals surface area contributed by atoms with E-state index in [1.165, 1.54) is 26.2 Å². The van der Waals surface area contributed by atoms with Gasteiger partial charge in [-0.2, -0.15) is 0 Å². The Balaban J connectivity index is 2.18. The molecule has 0 saturated carbocycles. The quantitative estimate of drug-likeness (QED) is 0.575. The Morgan fingerprint density at radius 1 is 1.06 bits per heavy atom. The third-order valence-electron chi connectivity index (χ3n) is 4.45. The Morgan fingerprint density at radius 3 is 2.36 bits per heavy atom. The molecule has 2 aromatic carbocycles. The molecule has 0 radical (unpaired) electrons. The number of benzene rings is 2. The zero-order valence-corrected chi connectivity index (χ0v) is 19.9. The number of methoxy groups -OCH3 is 1. The molecule has 2 amide bonds. The third-order valence-corrected chi connectivity index (χ3v) is 4.76. The number of carbonyl (C=O) groups excluding carboxylic acids is 4. The number of hydrogen-bond acceptors (Lipinski definition) is 6. The summed E-state index contributed by atoms with van der Waals surface area (Å²) in [5.74, 6) is -1.41. The molecule has 2 N–H and O–H groups in total. The Labute approximate surface area is 197 Å². The smallest absolute Gasteiger partial charge is 0.408 e. The molecule has 0 heterocycles. The van der Waals surface area contributed by atoms with Crippen LogP contribution in [-0.4, -0.2) is 42.5 Å². The van der Waals surface area contributed by atoms with Crippen LogP contribution in [0.15, 0.2) is 42.5 Å². The molecule has 176 valence electrons. The van der Waals surface area contributed by atoms with Crippen LogP contribution < -0.4 is 10.6 Å². The first kappa shape index (κ1) is 25.9. The van der Waals surface area contributed by atoms with Crippen LogP contribution in [0.1, 0.15) is 54.0 Å². The van der Waals surface area contributed by atoms with Crippen LogP contribution in [0.2, 0.25) is 5.02 Å². The molecule has 0 bridgehead atoms. The zero-order chi connectivity index (χ0) is 24.8. The number of carbonyl (C=O) groups is 4. The first-order chi connectivity index (χ1) is 15.4. The van der Waals surface area contributed by atoms with Crippen molar-refractivity contribution in [3.63, 3.8) is 0 Å². The van der Waals surface area contributed by atoms with Crippen LogP contribution in [-0.2, 0) is 20.7 Å². The first-order valence-electron chi connectivity index (χ1n) is 10.2. The van der Waals surface area contributed by atoms with Crippen LogP contribution >= 0.6 is 11.6 Å². The van der Waals surface area contributed by atoms with Gasteiger partial charge in [0.2, 0.25) is 0 Å². The van der Waals surface area contributed by atoms with E-state index in [0.717, 1.165) is 0 Å². The molecule has 0 spiro atoms. The van der Waals surface area contributed by atoms with Gasteiger partial charge in [0, 0.05) is 12.1 Å². The molecule has 0 aliphatic carbocycles. The highest BCUT2D eigenvalue weighted by Crippen LogP contribution is 2.23. The minimum Gasteiger partial charge on any atom is -0.465 e. The van der Waals surface area contributed by atoms with Gasteiger partial charge in [0.25, 0.3) is 5.91 Å². The van der Waals surface area contributed by atoms with Crippen LogP contribution in [0, 0.1) is 0 Å². The lowest BCUT2D eigenvalue weighted by Crippen LogP contribution is -2.42. The first-order valence-corrected chi connectivity index (χ1v) is 10.6. The summed E-state index contributed by atoms with van der Waals surface area (Å²) >= 11 is 6.28. The summed E-state index contributed by atoms with van der Waals surface area (Å²) in [5, 5.41) is 5.34. The molecule has 2 aromatic rings. The van der Waals surface area contributed by atoms with Crippen molar-refractivity contribution in [3.05, 3.63) is 64.2 Å². The number of hydrogen-bond donors (Lipinski definition) is 2. The number of anilines is 1. The van der Waals surface area contributed by atoms with E-state index in [9.17, 15) is 19.2 Å². The Bertz CT molecular complexity index is 1060. The van der Waals surface area contributed by atoms with Gasteiger partial charge < -0.3 is 20.1 Å². The molecule has 1 atom stereocenters. The number of nitrogens with one attached hydrogen (secondary N) is 2. The Morgan fingerprint density at radius 2 is 1.73 bits per heavy atom. The largest absolute Gasteiger partial charge is 0.465 e. The fourth-order valence-electron chi connectivity index (χ4n) is 2.91. The number of ether oxygens (including phenoxy) is 2. The fourth-order valence-corrected chi connectivity index (χ4v) is 3.19. The zero-order valence-electron chi connectivity index (χ0n) is 19.2. The van der Waals surface area contributed by atoms with Gasteiger partial charge in [0.15, 0.2) is 5.78 Å². The van der Waals surface area contributed by atoms with E-state index < -0.39 is 29.6 Å². The molecular weight excluding hydrogens is 448 g/mol. The Hall–Kier alpha value is -3.39. The summed E-state index contributed by atoms with van der Waals surface area (Å²) in [4.78, 5) is 49.4. The van der Waals surface area contributed by atoms with Crippen molar-refractivity contribution in [3.8, 4) is 0 Å². The molecule has 0 saturated heterocycles. The van der Waals surface area contributed by atoms with Crippen molar-refractivity contribution in [2.75, 3.05) is 12.4 Å². The van der Waals surface area contributed by atoms with E-state index in [4.69, 9.17) is 21.1 Å². The molecule has 0 aromatic heterocycles. The van der Waals surface area contributed by atoms with Crippen LogP contribution in [0.3, 0.4) is 0 Å². The number of Topliss-reactive ketones (excluding diaryl/α,β-unsaturated/α-hetero) is 1. The Kier molecular flexibility index (Phi) is 8.59. The second-order valence-corrected chi connectivity index (χ2v) is 8.72. The summed E-state index contributed by atoms with van der Waals surface area (Å²) in [7, 11) is 1.26. The van der Waals surface area contributed by atoms with Crippen LogP contribution in [0.25, 0.3) is 0 Å². The summed E-state index contributed by atoms with van der Waals surface area (Å²) < 4.78 is 9.86. The average molecular weight is 475 g/mol. The van der Waals surface area contributed by atoms with Crippen molar-refractivity contribution >= 4 is 41.0 Å². The summed E-state index contributed by atoms with van der Waals surface area (Å²) in [6.07, 6.45) is -0.847. The third kappa shape index (κ3) is 7.61. The molecule has 1 unspecified atom stereocenters. The van der Waals surface area contributed by atoms with Gasteiger partial charge in [-0.1, -0.05) is 29.8 Å². The average Bonchev–Trinajstić information content (AvgIpc) is 2.71. The second kappa shape index (κ2) is 11.0. The topological polar surface area (TPSA) is 111 Å². The molecule has 0 aliphatic rings. The van der Waals surface area contributed by atoms with Gasteiger partial charge in [0.05, 0.1) is 29.3 Å². The van der Waals surface area contributed by atoms with Crippen molar-refractivity contribution < 1.29 is 28.7 Å². The lowest BCUT2D eigenvalue weighted by Gasteiger charge is -2.21. The maximum absolute atomic E-state index is 13.0. The van der Waals surface area contributed by atoms with Crippen LogP contribution in [0.4, 0.5) is 10.5 Å². The highest BCUT2D eigenvalue weighted by Gasteiger charge is 2.24. The predicted molar refractivity (Wildman–Crippen MR) is 125 cm³/mol. The number of ketones is 1. The van der Waals surface area contributed by atoms with Gasteiger partial charge in [-0.05, 0) is 57.5 Å². The molecule has 33 heavy (non-hydrogen) atoms. The number of alkyl carbamates (subject to hydrolysis) is 1. The van der Waals surface area contributed by atoms with Gasteiger partial charge in [-0.3, -0.25) is 9.59 Å². The standard InChI is InChI=1S/C24H27ClN2O6/c1-14(26-23(31)33-24(2,3)4)19(28)13-15-8-7-11-18(25)20(15)21(29)27-17-10-6-9-16(12-17)22(30)32-5/h6-12,14H,13H2,1-5H3,(H,26,31)(H,27,29). The molecule has 0 aliphatic heterocycles. The van der Waals surface area contributed by atoms with Gasteiger partial charge in [0.1, 0.15) is 5.60 Å². The minimum atomic E-state index is -0.841. The predicted octanol–water partition coefficient (Wildman–Crippen LogP) is 4.40. The number of amides is 2. The van der Waals surface area contributed by atoms with Crippen molar-refractivity contribution in [1.29, 1.82) is 0 Å². The molecule has 0 fully saturated rings. The second-order valence-electron chi connectivity index (χ2n) is 8.31. The number of halogens is 1. The fraction of sp³-hybridized carbons (Fsp3) is 0.333. The monoisotopic (exact) mass is 474 g/mol. The van der Waals surface area contributed by atoms with Crippen LogP contribution in [0.5, 0.6) is 0 Å². The van der Waals surface area contributed by atoms with Crippen molar-refractivity contribution in [2.24, 2.45) is 0 Å². The molecular formula is C24H27ClN2O6. The normalized spacial score (nSPS) is 11.8. The van der Waals surface area contributed by atoms with E-state index in [0.29, 0.717) is 11.3 Å².